The van der Waals surface area contributed by atoms with Crippen LogP contribution in [0, 0.1) is 17.2 Å². The van der Waals surface area contributed by atoms with Crippen molar-refractivity contribution in [2.75, 3.05) is 13.1 Å². The molecule has 1 aliphatic rings. The van der Waals surface area contributed by atoms with Gasteiger partial charge in [0.2, 0.25) is 0 Å². The molecule has 0 aliphatic carbocycles. The van der Waals surface area contributed by atoms with E-state index in [-0.39, 0.29) is 11.5 Å². The van der Waals surface area contributed by atoms with Gasteiger partial charge in [0.05, 0.1) is 0 Å². The van der Waals surface area contributed by atoms with Crippen molar-refractivity contribution in [3.63, 3.8) is 0 Å². The third-order valence-corrected chi connectivity index (χ3v) is 4.50. The SMILES string of the molecule is CCCCC1CN(Cc2ccccc2)CC/C1=C(\C#N)C(N)=O. The van der Waals surface area contributed by atoms with Gasteiger partial charge in [-0.3, -0.25) is 9.69 Å². The summed E-state index contributed by atoms with van der Waals surface area (Å²) in [6.45, 7) is 4.83. The van der Waals surface area contributed by atoms with Gasteiger partial charge in [0, 0.05) is 19.6 Å². The van der Waals surface area contributed by atoms with E-state index in [9.17, 15) is 10.1 Å². The number of likely N-dealkylation sites (tertiary alicyclic amines) is 1. The van der Waals surface area contributed by atoms with Gasteiger partial charge >= 0.3 is 0 Å². The van der Waals surface area contributed by atoms with E-state index in [4.69, 9.17) is 5.73 Å². The summed E-state index contributed by atoms with van der Waals surface area (Å²) in [6.07, 6.45) is 3.98. The topological polar surface area (TPSA) is 70.1 Å². The summed E-state index contributed by atoms with van der Waals surface area (Å²) in [4.78, 5) is 14.0. The molecule has 4 nitrogen and oxygen atoms in total. The van der Waals surface area contributed by atoms with Crippen LogP contribution in [-0.2, 0) is 11.3 Å². The first-order valence-electron chi connectivity index (χ1n) is 8.35. The first-order valence-corrected chi connectivity index (χ1v) is 8.35. The Balaban J connectivity index is 2.14. The first-order chi connectivity index (χ1) is 11.2. The molecule has 122 valence electrons. The Labute approximate surface area is 138 Å². The molecule has 0 radical (unpaired) electrons. The van der Waals surface area contributed by atoms with Crippen molar-refractivity contribution in [3.8, 4) is 6.07 Å². The summed E-state index contributed by atoms with van der Waals surface area (Å²) in [5.41, 5.74) is 7.85. The van der Waals surface area contributed by atoms with E-state index in [1.165, 1.54) is 5.56 Å². The van der Waals surface area contributed by atoms with E-state index < -0.39 is 5.91 Å². The number of hydrogen-bond acceptors (Lipinski definition) is 3. The number of piperidine rings is 1. The normalized spacial score (nSPS) is 20.8. The summed E-state index contributed by atoms with van der Waals surface area (Å²) in [6, 6.07) is 12.4. The van der Waals surface area contributed by atoms with E-state index >= 15 is 0 Å². The van der Waals surface area contributed by atoms with Crippen LogP contribution in [0.1, 0.15) is 38.2 Å². The maximum absolute atomic E-state index is 11.5. The molecular weight excluding hydrogens is 286 g/mol. The molecule has 1 amide bonds. The van der Waals surface area contributed by atoms with E-state index in [2.05, 4.69) is 36.1 Å². The molecule has 1 unspecified atom stereocenters. The molecule has 1 aliphatic heterocycles. The fourth-order valence-corrected chi connectivity index (χ4v) is 3.31. The van der Waals surface area contributed by atoms with Crippen molar-refractivity contribution >= 4 is 5.91 Å². The first kappa shape index (κ1) is 17.2. The lowest BCUT2D eigenvalue weighted by Crippen LogP contribution is -2.37. The lowest BCUT2D eigenvalue weighted by atomic mass is 9.84. The molecule has 1 saturated heterocycles. The van der Waals surface area contributed by atoms with Gasteiger partial charge in [-0.2, -0.15) is 5.26 Å². The number of hydrogen-bond donors (Lipinski definition) is 1. The molecule has 2 N–H and O–H groups in total. The molecule has 0 bridgehead atoms. The van der Waals surface area contributed by atoms with Gasteiger partial charge in [0.25, 0.3) is 5.91 Å². The highest BCUT2D eigenvalue weighted by atomic mass is 16.1. The van der Waals surface area contributed by atoms with Crippen molar-refractivity contribution in [2.45, 2.75) is 39.2 Å². The molecular formula is C19H25N3O. The molecule has 4 heteroatoms. The molecule has 1 aromatic rings. The van der Waals surface area contributed by atoms with Gasteiger partial charge in [-0.25, -0.2) is 0 Å². The zero-order chi connectivity index (χ0) is 16.7. The number of nitrogens with zero attached hydrogens (tertiary/aromatic N) is 2. The van der Waals surface area contributed by atoms with Crippen LogP contribution in [0.3, 0.4) is 0 Å². The van der Waals surface area contributed by atoms with Gasteiger partial charge in [0.15, 0.2) is 0 Å². The molecule has 0 aromatic heterocycles. The van der Waals surface area contributed by atoms with E-state index in [0.29, 0.717) is 0 Å². The van der Waals surface area contributed by atoms with Gasteiger partial charge in [0.1, 0.15) is 11.6 Å². The summed E-state index contributed by atoms with van der Waals surface area (Å²) in [5, 5.41) is 9.27. The third-order valence-electron chi connectivity index (χ3n) is 4.50. The Morgan fingerprint density at radius 2 is 2.13 bits per heavy atom. The minimum Gasteiger partial charge on any atom is -0.365 e. The summed E-state index contributed by atoms with van der Waals surface area (Å²) >= 11 is 0. The van der Waals surface area contributed by atoms with E-state index in [1.807, 2.05) is 12.1 Å². The number of carbonyl (C=O) groups excluding carboxylic acids is 1. The highest BCUT2D eigenvalue weighted by Gasteiger charge is 2.28. The quantitative estimate of drug-likeness (QED) is 0.648. The second kappa shape index (κ2) is 8.50. The van der Waals surface area contributed by atoms with Gasteiger partial charge in [-0.15, -0.1) is 0 Å². The average Bonchev–Trinajstić information content (AvgIpc) is 2.55. The fraction of sp³-hybridized carbons (Fsp3) is 0.474. The second-order valence-electron chi connectivity index (χ2n) is 6.19. The van der Waals surface area contributed by atoms with Crippen molar-refractivity contribution in [1.29, 1.82) is 5.26 Å². The largest absolute Gasteiger partial charge is 0.365 e. The number of benzene rings is 1. The average molecular weight is 311 g/mol. The zero-order valence-corrected chi connectivity index (χ0v) is 13.8. The van der Waals surface area contributed by atoms with E-state index in [0.717, 1.165) is 50.9 Å². The lowest BCUT2D eigenvalue weighted by Gasteiger charge is -2.35. The molecule has 1 aromatic carbocycles. The van der Waals surface area contributed by atoms with Gasteiger partial charge in [-0.05, 0) is 29.9 Å². The number of carbonyl (C=O) groups is 1. The number of unbranched alkanes of at least 4 members (excludes halogenated alkanes) is 1. The van der Waals surface area contributed by atoms with Crippen LogP contribution in [-0.4, -0.2) is 23.9 Å². The molecule has 23 heavy (non-hydrogen) atoms. The van der Waals surface area contributed by atoms with Gasteiger partial charge < -0.3 is 5.73 Å². The second-order valence-corrected chi connectivity index (χ2v) is 6.19. The van der Waals surface area contributed by atoms with Crippen LogP contribution >= 0.6 is 0 Å². The summed E-state index contributed by atoms with van der Waals surface area (Å²) in [5.74, 6) is -0.324. The number of amides is 1. The summed E-state index contributed by atoms with van der Waals surface area (Å²) < 4.78 is 0. The maximum atomic E-state index is 11.5. The minimum atomic E-state index is -0.583. The third kappa shape index (κ3) is 4.67. The number of nitriles is 1. The molecule has 1 atom stereocenters. The fourth-order valence-electron chi connectivity index (χ4n) is 3.31. The predicted molar refractivity (Wildman–Crippen MR) is 91.2 cm³/mol. The van der Waals surface area contributed by atoms with Crippen molar-refractivity contribution < 1.29 is 4.79 Å². The molecule has 2 rings (SSSR count). The Bertz CT molecular complexity index is 601. The highest BCUT2D eigenvalue weighted by Crippen LogP contribution is 2.30. The van der Waals surface area contributed by atoms with E-state index in [1.54, 1.807) is 0 Å². The molecule has 0 saturated carbocycles. The monoisotopic (exact) mass is 311 g/mol. The molecule has 0 spiro atoms. The van der Waals surface area contributed by atoms with Gasteiger partial charge in [-0.1, -0.05) is 50.1 Å². The highest BCUT2D eigenvalue weighted by molar-refractivity contribution is 5.96. The van der Waals surface area contributed by atoms with Crippen LogP contribution in [0.5, 0.6) is 0 Å². The molecule has 1 heterocycles. The predicted octanol–water partition coefficient (Wildman–Crippen LogP) is 3.00. The van der Waals surface area contributed by atoms with Crippen LogP contribution < -0.4 is 5.73 Å². The van der Waals surface area contributed by atoms with Crippen molar-refractivity contribution in [3.05, 3.63) is 47.0 Å². The molecule has 1 fully saturated rings. The number of rotatable bonds is 6. The number of primary amides is 1. The maximum Gasteiger partial charge on any atom is 0.259 e. The Hall–Kier alpha value is -2.12. The summed E-state index contributed by atoms with van der Waals surface area (Å²) in [7, 11) is 0. The lowest BCUT2D eigenvalue weighted by molar-refractivity contribution is -0.114. The Morgan fingerprint density at radius 3 is 2.74 bits per heavy atom. The minimum absolute atomic E-state index is 0.186. The Morgan fingerprint density at radius 1 is 1.39 bits per heavy atom. The zero-order valence-electron chi connectivity index (χ0n) is 13.8. The van der Waals surface area contributed by atoms with Crippen molar-refractivity contribution in [2.24, 2.45) is 11.7 Å². The number of nitrogens with two attached hydrogens (primary N) is 1. The van der Waals surface area contributed by atoms with Crippen LogP contribution in [0.2, 0.25) is 0 Å². The van der Waals surface area contributed by atoms with Crippen molar-refractivity contribution in [1.82, 2.24) is 4.90 Å². The van der Waals surface area contributed by atoms with Crippen LogP contribution in [0.15, 0.2) is 41.5 Å². The Kier molecular flexibility index (Phi) is 6.37. The van der Waals surface area contributed by atoms with Crippen LogP contribution in [0.4, 0.5) is 0 Å². The van der Waals surface area contributed by atoms with Crippen LogP contribution in [0.25, 0.3) is 0 Å². The smallest absolute Gasteiger partial charge is 0.259 e. The standard InChI is InChI=1S/C19H25N3O/c1-2-3-9-16-14-22(13-15-7-5-4-6-8-15)11-10-17(16)18(12-20)19(21)23/h4-8,16H,2-3,9-11,13-14H2,1H3,(H2,21,23)/b18-17-.